The molecule has 0 saturated carbocycles. The SMILES string of the molecule is CCNC(=NCc1ccc(N2CCC(C)CC2)nc1)NC(C)Cc1c(C)nn(C)c1C. The Hall–Kier alpha value is -2.57. The van der Waals surface area contributed by atoms with Crippen molar-refractivity contribution in [3.8, 4) is 0 Å². The van der Waals surface area contributed by atoms with Crippen molar-refractivity contribution in [2.45, 2.75) is 66.5 Å². The molecule has 7 nitrogen and oxygen atoms in total. The summed E-state index contributed by atoms with van der Waals surface area (Å²) in [5.74, 6) is 2.75. The minimum atomic E-state index is 0.251. The lowest BCUT2D eigenvalue weighted by Gasteiger charge is -2.31. The van der Waals surface area contributed by atoms with E-state index in [0.717, 1.165) is 55.0 Å². The number of aromatic nitrogens is 3. The van der Waals surface area contributed by atoms with Crippen molar-refractivity contribution >= 4 is 11.8 Å². The van der Waals surface area contributed by atoms with Gasteiger partial charge in [0, 0.05) is 44.6 Å². The number of aliphatic imine (C=N–C) groups is 1. The fourth-order valence-corrected chi connectivity index (χ4v) is 4.13. The standard InChI is InChI=1S/C24H39N7/c1-7-25-24(28-18(3)14-22-19(4)29-30(6)20(22)5)27-16-21-8-9-23(26-15-21)31-12-10-17(2)11-13-31/h8-9,15,17-18H,7,10-14,16H2,1-6H3,(H2,25,27,28). The van der Waals surface area contributed by atoms with E-state index in [2.05, 4.69) is 67.4 Å². The number of guanidine groups is 1. The lowest BCUT2D eigenvalue weighted by atomic mass is 9.99. The molecule has 170 valence electrons. The Morgan fingerprint density at radius 1 is 1.26 bits per heavy atom. The monoisotopic (exact) mass is 425 g/mol. The first-order valence-electron chi connectivity index (χ1n) is 11.6. The molecule has 31 heavy (non-hydrogen) atoms. The van der Waals surface area contributed by atoms with Gasteiger partial charge in [0.2, 0.25) is 0 Å². The van der Waals surface area contributed by atoms with Crippen molar-refractivity contribution in [2.24, 2.45) is 18.0 Å². The predicted molar refractivity (Wildman–Crippen MR) is 129 cm³/mol. The summed E-state index contributed by atoms with van der Waals surface area (Å²) in [6.07, 6.45) is 5.39. The van der Waals surface area contributed by atoms with Crippen LogP contribution in [-0.4, -0.2) is 46.4 Å². The molecular weight excluding hydrogens is 386 g/mol. The zero-order valence-corrected chi connectivity index (χ0v) is 20.1. The zero-order chi connectivity index (χ0) is 22.4. The second-order valence-electron chi connectivity index (χ2n) is 8.91. The van der Waals surface area contributed by atoms with Crippen molar-refractivity contribution in [1.29, 1.82) is 0 Å². The highest BCUT2D eigenvalue weighted by Crippen LogP contribution is 2.21. The predicted octanol–water partition coefficient (Wildman–Crippen LogP) is 3.35. The summed E-state index contributed by atoms with van der Waals surface area (Å²) in [6.45, 7) is 14.5. The Morgan fingerprint density at radius 3 is 2.58 bits per heavy atom. The van der Waals surface area contributed by atoms with Crippen LogP contribution in [0.4, 0.5) is 5.82 Å². The van der Waals surface area contributed by atoms with Gasteiger partial charge in [-0.3, -0.25) is 4.68 Å². The van der Waals surface area contributed by atoms with Crippen LogP contribution in [0.2, 0.25) is 0 Å². The minimum Gasteiger partial charge on any atom is -0.357 e. The highest BCUT2D eigenvalue weighted by molar-refractivity contribution is 5.80. The normalized spacial score (nSPS) is 16.5. The third-order valence-electron chi connectivity index (χ3n) is 6.23. The number of anilines is 1. The molecule has 2 aromatic rings. The van der Waals surface area contributed by atoms with Gasteiger partial charge in [-0.15, -0.1) is 0 Å². The van der Waals surface area contributed by atoms with Crippen molar-refractivity contribution in [3.63, 3.8) is 0 Å². The molecule has 0 radical (unpaired) electrons. The fraction of sp³-hybridized carbons (Fsp3) is 0.625. The van der Waals surface area contributed by atoms with Crippen LogP contribution in [0.5, 0.6) is 0 Å². The van der Waals surface area contributed by atoms with E-state index in [4.69, 9.17) is 9.98 Å². The molecule has 1 saturated heterocycles. The summed E-state index contributed by atoms with van der Waals surface area (Å²) >= 11 is 0. The van der Waals surface area contributed by atoms with Crippen LogP contribution in [0, 0.1) is 19.8 Å². The van der Waals surface area contributed by atoms with E-state index in [1.807, 2.05) is 17.9 Å². The molecular formula is C24H39N7. The van der Waals surface area contributed by atoms with Crippen LogP contribution in [0.1, 0.15) is 56.1 Å². The van der Waals surface area contributed by atoms with E-state index in [-0.39, 0.29) is 6.04 Å². The third kappa shape index (κ3) is 6.21. The Morgan fingerprint density at radius 2 is 2.00 bits per heavy atom. The van der Waals surface area contributed by atoms with Crippen LogP contribution in [0.25, 0.3) is 0 Å². The number of nitrogens with zero attached hydrogens (tertiary/aromatic N) is 5. The summed E-state index contributed by atoms with van der Waals surface area (Å²) in [6, 6.07) is 4.54. The topological polar surface area (TPSA) is 70.4 Å². The second kappa shape index (κ2) is 10.6. The molecule has 1 atom stereocenters. The number of hydrogen-bond donors (Lipinski definition) is 2. The fourth-order valence-electron chi connectivity index (χ4n) is 4.13. The van der Waals surface area contributed by atoms with Crippen LogP contribution in [0.3, 0.4) is 0 Å². The number of nitrogens with one attached hydrogen (secondary N) is 2. The molecule has 0 amide bonds. The van der Waals surface area contributed by atoms with Gasteiger partial charge in [-0.05, 0) is 70.1 Å². The molecule has 3 heterocycles. The number of pyridine rings is 1. The van der Waals surface area contributed by atoms with Crippen LogP contribution >= 0.6 is 0 Å². The Labute approximate surface area is 187 Å². The van der Waals surface area contributed by atoms with Gasteiger partial charge >= 0.3 is 0 Å². The number of rotatable bonds is 7. The first kappa shape index (κ1) is 23.1. The maximum absolute atomic E-state index is 4.79. The van der Waals surface area contributed by atoms with Crippen molar-refractivity contribution in [1.82, 2.24) is 25.4 Å². The van der Waals surface area contributed by atoms with Gasteiger partial charge in [0.25, 0.3) is 0 Å². The maximum Gasteiger partial charge on any atom is 0.191 e. The maximum atomic E-state index is 4.79. The number of hydrogen-bond acceptors (Lipinski definition) is 4. The molecule has 0 spiro atoms. The zero-order valence-electron chi connectivity index (χ0n) is 20.1. The summed E-state index contributed by atoms with van der Waals surface area (Å²) in [5, 5.41) is 11.4. The van der Waals surface area contributed by atoms with Gasteiger partial charge in [-0.25, -0.2) is 9.98 Å². The smallest absolute Gasteiger partial charge is 0.191 e. The second-order valence-corrected chi connectivity index (χ2v) is 8.91. The molecule has 2 N–H and O–H groups in total. The lowest BCUT2D eigenvalue weighted by molar-refractivity contribution is 0.436. The highest BCUT2D eigenvalue weighted by atomic mass is 15.3. The third-order valence-corrected chi connectivity index (χ3v) is 6.23. The van der Waals surface area contributed by atoms with Crippen LogP contribution < -0.4 is 15.5 Å². The van der Waals surface area contributed by atoms with Gasteiger partial charge in [-0.1, -0.05) is 13.0 Å². The largest absolute Gasteiger partial charge is 0.357 e. The van der Waals surface area contributed by atoms with Crippen LogP contribution in [0.15, 0.2) is 23.3 Å². The lowest BCUT2D eigenvalue weighted by Crippen LogP contribution is -2.43. The van der Waals surface area contributed by atoms with Gasteiger partial charge in [-0.2, -0.15) is 5.10 Å². The molecule has 0 aliphatic carbocycles. The van der Waals surface area contributed by atoms with Crippen LogP contribution in [-0.2, 0) is 20.0 Å². The molecule has 7 heteroatoms. The summed E-state index contributed by atoms with van der Waals surface area (Å²) in [7, 11) is 2.00. The summed E-state index contributed by atoms with van der Waals surface area (Å²) < 4.78 is 1.96. The molecule has 2 aromatic heterocycles. The van der Waals surface area contributed by atoms with Gasteiger partial charge in [0.05, 0.1) is 12.2 Å². The van der Waals surface area contributed by atoms with Crippen molar-refractivity contribution in [3.05, 3.63) is 40.8 Å². The van der Waals surface area contributed by atoms with E-state index in [9.17, 15) is 0 Å². The minimum absolute atomic E-state index is 0.251. The van der Waals surface area contributed by atoms with E-state index < -0.39 is 0 Å². The van der Waals surface area contributed by atoms with Gasteiger partial charge in [0.15, 0.2) is 5.96 Å². The first-order chi connectivity index (χ1) is 14.9. The molecule has 1 aliphatic rings. The molecule has 1 fully saturated rings. The Balaban J connectivity index is 1.58. The highest BCUT2D eigenvalue weighted by Gasteiger charge is 2.17. The Kier molecular flexibility index (Phi) is 7.93. The number of aryl methyl sites for hydroxylation is 2. The molecule has 1 aliphatic heterocycles. The first-order valence-corrected chi connectivity index (χ1v) is 11.6. The quantitative estimate of drug-likeness (QED) is 0.526. The van der Waals surface area contributed by atoms with Gasteiger partial charge in [0.1, 0.15) is 5.82 Å². The summed E-state index contributed by atoms with van der Waals surface area (Å²) in [4.78, 5) is 11.9. The van der Waals surface area contributed by atoms with E-state index in [0.29, 0.717) is 6.54 Å². The number of piperidine rings is 1. The Bertz CT molecular complexity index is 861. The van der Waals surface area contributed by atoms with Crippen molar-refractivity contribution in [2.75, 3.05) is 24.5 Å². The molecule has 0 aromatic carbocycles. The van der Waals surface area contributed by atoms with Gasteiger partial charge < -0.3 is 15.5 Å². The molecule has 1 unspecified atom stereocenters. The van der Waals surface area contributed by atoms with Crippen molar-refractivity contribution < 1.29 is 0 Å². The van der Waals surface area contributed by atoms with E-state index >= 15 is 0 Å². The molecule has 0 bridgehead atoms. The molecule has 3 rings (SSSR count). The van der Waals surface area contributed by atoms with E-state index in [1.54, 1.807) is 0 Å². The van der Waals surface area contributed by atoms with E-state index in [1.165, 1.54) is 24.1 Å². The average Bonchev–Trinajstić information content (AvgIpc) is 2.99. The average molecular weight is 426 g/mol. The summed E-state index contributed by atoms with van der Waals surface area (Å²) in [5.41, 5.74) is 4.76.